The molecular weight excluding hydrogens is 342 g/mol. The number of imidazole rings is 1. The number of nitrogens with one attached hydrogen (secondary N) is 1. The highest BCUT2D eigenvalue weighted by molar-refractivity contribution is 5.99. The van der Waals surface area contributed by atoms with Crippen molar-refractivity contribution in [2.75, 3.05) is 19.4 Å². The number of benzene rings is 1. The zero-order valence-corrected chi connectivity index (χ0v) is 14.3. The second kappa shape index (κ2) is 6.99. The van der Waals surface area contributed by atoms with Gasteiger partial charge in [-0.15, -0.1) is 0 Å². The van der Waals surface area contributed by atoms with E-state index in [1.54, 1.807) is 0 Å². The van der Waals surface area contributed by atoms with Crippen molar-refractivity contribution in [3.63, 3.8) is 0 Å². The van der Waals surface area contributed by atoms with Crippen LogP contribution < -0.4 is 15.8 Å². The Morgan fingerprint density at radius 1 is 1.35 bits per heavy atom. The maximum atomic E-state index is 14.6. The lowest BCUT2D eigenvalue weighted by Crippen LogP contribution is -2.25. The average Bonchev–Trinajstić information content (AvgIpc) is 2.96. The normalized spacial score (nSPS) is 10.9. The van der Waals surface area contributed by atoms with Gasteiger partial charge in [0, 0.05) is 18.3 Å². The lowest BCUT2D eigenvalue weighted by Gasteiger charge is -2.11. The van der Waals surface area contributed by atoms with Crippen LogP contribution in [-0.2, 0) is 0 Å². The minimum absolute atomic E-state index is 0.00471. The number of hydrogen-bond acceptors (Lipinski definition) is 4. The Kier molecular flexibility index (Phi) is 4.75. The number of fused-ring (bicyclic) bond motifs is 1. The first-order valence-electron chi connectivity index (χ1n) is 8.06. The van der Waals surface area contributed by atoms with Gasteiger partial charge in [0.25, 0.3) is 5.91 Å². The lowest BCUT2D eigenvalue weighted by atomic mass is 10.0. The van der Waals surface area contributed by atoms with E-state index >= 15 is 0 Å². The molecule has 0 unspecified atom stereocenters. The van der Waals surface area contributed by atoms with E-state index in [0.717, 1.165) is 12.5 Å². The van der Waals surface area contributed by atoms with Crippen LogP contribution in [0.5, 0.6) is 5.75 Å². The van der Waals surface area contributed by atoms with Crippen LogP contribution in [0, 0.1) is 11.6 Å². The van der Waals surface area contributed by atoms with Gasteiger partial charge in [0.2, 0.25) is 0 Å². The summed E-state index contributed by atoms with van der Waals surface area (Å²) in [6, 6.07) is 4.94. The molecule has 0 aliphatic rings. The number of hydrogen-bond donors (Lipinski definition) is 2. The van der Waals surface area contributed by atoms with Crippen LogP contribution >= 0.6 is 0 Å². The molecule has 0 bridgehead atoms. The van der Waals surface area contributed by atoms with Gasteiger partial charge in [-0.25, -0.2) is 13.8 Å². The fraction of sp³-hybridized carbons (Fsp3) is 0.222. The molecular formula is C18H18F2N4O2. The number of nitrogens with two attached hydrogens (primary N) is 1. The molecule has 2 heterocycles. The standard InChI is InChI=1S/C18H18F2N4O2/c1-3-7-22-18(25)15-16(21)24-8-6-12(20)14(17(24)23-15)11-9-10(19)4-5-13(11)26-2/h4-6,8-9H,3,7,21H2,1-2H3,(H,22,25). The molecule has 0 saturated carbocycles. The minimum Gasteiger partial charge on any atom is -0.496 e. The van der Waals surface area contributed by atoms with Crippen molar-refractivity contribution in [2.24, 2.45) is 0 Å². The van der Waals surface area contributed by atoms with E-state index in [-0.39, 0.29) is 34.0 Å². The fourth-order valence-electron chi connectivity index (χ4n) is 2.72. The van der Waals surface area contributed by atoms with E-state index in [9.17, 15) is 13.6 Å². The predicted octanol–water partition coefficient (Wildman–Crippen LogP) is 3.01. The second-order valence-corrected chi connectivity index (χ2v) is 5.68. The number of anilines is 1. The molecule has 0 saturated heterocycles. The molecule has 1 amide bonds. The van der Waals surface area contributed by atoms with E-state index in [2.05, 4.69) is 10.3 Å². The van der Waals surface area contributed by atoms with Crippen molar-refractivity contribution >= 4 is 17.4 Å². The number of nitrogen functional groups attached to an aromatic ring is 1. The van der Waals surface area contributed by atoms with Gasteiger partial charge in [-0.1, -0.05) is 6.92 Å². The summed E-state index contributed by atoms with van der Waals surface area (Å²) < 4.78 is 35.0. The molecule has 2 aromatic heterocycles. The molecule has 0 aliphatic carbocycles. The molecule has 1 aromatic carbocycles. The van der Waals surface area contributed by atoms with Gasteiger partial charge in [-0.2, -0.15) is 0 Å². The molecule has 0 atom stereocenters. The molecule has 0 spiro atoms. The fourth-order valence-corrected chi connectivity index (χ4v) is 2.72. The molecule has 0 aliphatic heterocycles. The summed E-state index contributed by atoms with van der Waals surface area (Å²) in [6.07, 6.45) is 2.12. The largest absolute Gasteiger partial charge is 0.496 e. The van der Waals surface area contributed by atoms with Crippen molar-refractivity contribution in [2.45, 2.75) is 13.3 Å². The molecule has 6 nitrogen and oxygen atoms in total. The summed E-state index contributed by atoms with van der Waals surface area (Å²) in [7, 11) is 1.40. The Balaban J connectivity index is 2.25. The zero-order chi connectivity index (χ0) is 18.8. The number of carbonyl (C=O) groups excluding carboxylic acids is 1. The zero-order valence-electron chi connectivity index (χ0n) is 14.3. The van der Waals surface area contributed by atoms with Gasteiger partial charge in [-0.05, 0) is 30.7 Å². The SMILES string of the molecule is CCCNC(=O)c1nc2c(-c3cc(F)ccc3OC)c(F)ccn2c1N. The third-order valence-electron chi connectivity index (χ3n) is 3.96. The smallest absolute Gasteiger partial charge is 0.273 e. The van der Waals surface area contributed by atoms with Gasteiger partial charge in [0.05, 0.1) is 12.7 Å². The minimum atomic E-state index is -0.632. The van der Waals surface area contributed by atoms with Crippen LogP contribution in [0.15, 0.2) is 30.5 Å². The van der Waals surface area contributed by atoms with Crippen LogP contribution in [0.25, 0.3) is 16.8 Å². The number of rotatable bonds is 5. The van der Waals surface area contributed by atoms with Crippen LogP contribution in [0.3, 0.4) is 0 Å². The first-order valence-corrected chi connectivity index (χ1v) is 8.06. The van der Waals surface area contributed by atoms with Crippen molar-refractivity contribution in [1.82, 2.24) is 14.7 Å². The van der Waals surface area contributed by atoms with E-state index in [1.807, 2.05) is 6.92 Å². The highest BCUT2D eigenvalue weighted by atomic mass is 19.1. The number of nitrogens with zero attached hydrogens (tertiary/aromatic N) is 2. The summed E-state index contributed by atoms with van der Waals surface area (Å²) in [5.41, 5.74) is 6.30. The summed E-state index contributed by atoms with van der Waals surface area (Å²) in [5.74, 6) is -1.29. The monoisotopic (exact) mass is 360 g/mol. The van der Waals surface area contributed by atoms with Crippen LogP contribution in [0.4, 0.5) is 14.6 Å². The van der Waals surface area contributed by atoms with Crippen molar-refractivity contribution in [1.29, 1.82) is 0 Å². The third-order valence-corrected chi connectivity index (χ3v) is 3.96. The molecule has 3 N–H and O–H groups in total. The highest BCUT2D eigenvalue weighted by Crippen LogP contribution is 2.36. The molecule has 3 aromatic rings. The number of ether oxygens (including phenoxy) is 1. The van der Waals surface area contributed by atoms with Gasteiger partial charge in [0.15, 0.2) is 5.69 Å². The van der Waals surface area contributed by atoms with E-state index in [0.29, 0.717) is 6.54 Å². The second-order valence-electron chi connectivity index (χ2n) is 5.68. The predicted molar refractivity (Wildman–Crippen MR) is 94.1 cm³/mol. The summed E-state index contributed by atoms with van der Waals surface area (Å²) in [5, 5.41) is 2.68. The van der Waals surface area contributed by atoms with Crippen molar-refractivity contribution < 1.29 is 18.3 Å². The van der Waals surface area contributed by atoms with E-state index < -0.39 is 17.5 Å². The van der Waals surface area contributed by atoms with Crippen molar-refractivity contribution in [3.05, 3.63) is 47.8 Å². The van der Waals surface area contributed by atoms with Crippen molar-refractivity contribution in [3.8, 4) is 16.9 Å². The number of carbonyl (C=O) groups is 1. The number of aromatic nitrogens is 2. The van der Waals surface area contributed by atoms with Gasteiger partial charge in [0.1, 0.15) is 28.8 Å². The van der Waals surface area contributed by atoms with Gasteiger partial charge >= 0.3 is 0 Å². The first kappa shape index (κ1) is 17.7. The number of halogens is 2. The van der Waals surface area contributed by atoms with Gasteiger partial charge in [-0.3, -0.25) is 9.20 Å². The number of amides is 1. The molecule has 136 valence electrons. The van der Waals surface area contributed by atoms with Crippen LogP contribution in [-0.4, -0.2) is 28.9 Å². The van der Waals surface area contributed by atoms with Crippen LogP contribution in [0.1, 0.15) is 23.8 Å². The number of pyridine rings is 1. The first-order chi connectivity index (χ1) is 12.5. The topological polar surface area (TPSA) is 81.6 Å². The third kappa shape index (κ3) is 2.94. The Morgan fingerprint density at radius 2 is 2.12 bits per heavy atom. The molecule has 0 fully saturated rings. The maximum Gasteiger partial charge on any atom is 0.273 e. The number of methoxy groups -OCH3 is 1. The lowest BCUT2D eigenvalue weighted by molar-refractivity contribution is 0.0950. The summed E-state index contributed by atoms with van der Waals surface area (Å²) >= 11 is 0. The molecule has 26 heavy (non-hydrogen) atoms. The molecule has 0 radical (unpaired) electrons. The van der Waals surface area contributed by atoms with Crippen LogP contribution in [0.2, 0.25) is 0 Å². The Hall–Kier alpha value is -3.16. The summed E-state index contributed by atoms with van der Waals surface area (Å²) in [4.78, 5) is 16.5. The Bertz CT molecular complexity index is 985. The quantitative estimate of drug-likeness (QED) is 0.733. The molecule has 8 heteroatoms. The summed E-state index contributed by atoms with van der Waals surface area (Å²) in [6.45, 7) is 2.38. The maximum absolute atomic E-state index is 14.6. The molecule has 3 rings (SSSR count). The van der Waals surface area contributed by atoms with E-state index in [1.165, 1.54) is 35.9 Å². The Labute approximate surface area is 148 Å². The van der Waals surface area contributed by atoms with E-state index in [4.69, 9.17) is 10.5 Å². The highest BCUT2D eigenvalue weighted by Gasteiger charge is 2.23. The Morgan fingerprint density at radius 3 is 2.81 bits per heavy atom. The average molecular weight is 360 g/mol. The van der Waals surface area contributed by atoms with Gasteiger partial charge < -0.3 is 15.8 Å².